The lowest BCUT2D eigenvalue weighted by Gasteiger charge is -2.25. The van der Waals surface area contributed by atoms with Crippen LogP contribution >= 0.6 is 0 Å². The Bertz CT molecular complexity index is 386. The Balaban J connectivity index is 2.35. The normalized spacial score (nSPS) is 25.4. The molecule has 1 N–H and O–H groups in total. The molecule has 1 atom stereocenters. The Labute approximate surface area is 80.0 Å². The highest BCUT2D eigenvalue weighted by Crippen LogP contribution is 2.27. The van der Waals surface area contributed by atoms with Gasteiger partial charge in [-0.3, -0.25) is 4.98 Å². The first-order chi connectivity index (χ1) is 6.71. The van der Waals surface area contributed by atoms with Gasteiger partial charge in [-0.05, 0) is 18.2 Å². The van der Waals surface area contributed by atoms with Crippen LogP contribution in [0.1, 0.15) is 5.56 Å². The zero-order chi connectivity index (χ0) is 10.0. The molecule has 2 heterocycles. The monoisotopic (exact) mass is 194 g/mol. The summed E-state index contributed by atoms with van der Waals surface area (Å²) >= 11 is 0. The van der Waals surface area contributed by atoms with Crippen LogP contribution in [-0.2, 0) is 5.79 Å². The largest absolute Gasteiger partial charge is 0.323 e. The first kappa shape index (κ1) is 8.87. The Morgan fingerprint density at radius 3 is 2.93 bits per heavy atom. The van der Waals surface area contributed by atoms with Crippen molar-refractivity contribution in [2.45, 2.75) is 5.79 Å². The van der Waals surface area contributed by atoms with Crippen LogP contribution in [0.5, 0.6) is 0 Å². The van der Waals surface area contributed by atoms with Crippen molar-refractivity contribution in [3.63, 3.8) is 0 Å². The summed E-state index contributed by atoms with van der Waals surface area (Å²) in [7, 11) is 0. The third-order valence-electron chi connectivity index (χ3n) is 1.95. The van der Waals surface area contributed by atoms with E-state index in [1.54, 1.807) is 12.1 Å². The molecule has 0 saturated carbocycles. The third kappa shape index (κ3) is 1.51. The van der Waals surface area contributed by atoms with E-state index in [4.69, 9.17) is 0 Å². The van der Waals surface area contributed by atoms with Crippen LogP contribution in [0.3, 0.4) is 0 Å². The van der Waals surface area contributed by atoms with E-state index in [0.717, 1.165) is 6.08 Å². The van der Waals surface area contributed by atoms with Gasteiger partial charge in [-0.1, -0.05) is 12.1 Å². The van der Waals surface area contributed by atoms with Gasteiger partial charge in [0.1, 0.15) is 0 Å². The maximum Gasteiger partial charge on any atom is 0.228 e. The van der Waals surface area contributed by atoms with E-state index in [2.05, 4.69) is 10.3 Å². The summed E-state index contributed by atoms with van der Waals surface area (Å²) in [4.78, 5) is 3.77. The Hall–Kier alpha value is -1.71. The molecule has 4 heteroatoms. The molecule has 0 bridgehead atoms. The van der Waals surface area contributed by atoms with Crippen molar-refractivity contribution in [1.82, 2.24) is 10.3 Å². The molecule has 0 radical (unpaired) electrons. The number of hydrogen-bond acceptors (Lipinski definition) is 2. The minimum Gasteiger partial charge on any atom is -0.323 e. The summed E-state index contributed by atoms with van der Waals surface area (Å²) < 4.78 is 26.8. The van der Waals surface area contributed by atoms with E-state index in [1.165, 1.54) is 24.5 Å². The number of dihydropyridines is 1. The maximum absolute atomic E-state index is 14.0. The van der Waals surface area contributed by atoms with Gasteiger partial charge in [0.05, 0.1) is 0 Å². The van der Waals surface area contributed by atoms with Crippen LogP contribution in [0.4, 0.5) is 8.78 Å². The third-order valence-corrected chi connectivity index (χ3v) is 1.95. The van der Waals surface area contributed by atoms with Gasteiger partial charge in [0.25, 0.3) is 0 Å². The van der Waals surface area contributed by atoms with Crippen LogP contribution in [0.2, 0.25) is 0 Å². The van der Waals surface area contributed by atoms with Gasteiger partial charge in [0.2, 0.25) is 5.79 Å². The minimum atomic E-state index is -1.99. The molecule has 0 saturated heterocycles. The molecule has 14 heavy (non-hydrogen) atoms. The highest BCUT2D eigenvalue weighted by atomic mass is 19.2. The number of alkyl halides is 1. The standard InChI is InChI=1S/C10H8F2N2/c11-9-4-1-5-10(12,14-9)8-3-2-6-13-7-8/h1-7,14H. The first-order valence-electron chi connectivity index (χ1n) is 4.13. The van der Waals surface area contributed by atoms with Gasteiger partial charge >= 0.3 is 0 Å². The predicted octanol–water partition coefficient (Wildman–Crippen LogP) is 2.17. The summed E-state index contributed by atoms with van der Waals surface area (Å²) in [6.07, 6.45) is 6.63. The van der Waals surface area contributed by atoms with Crippen LogP contribution in [0.15, 0.2) is 48.7 Å². The first-order valence-corrected chi connectivity index (χ1v) is 4.13. The van der Waals surface area contributed by atoms with Crippen molar-refractivity contribution >= 4 is 0 Å². The Kier molecular flexibility index (Phi) is 2.04. The van der Waals surface area contributed by atoms with Gasteiger partial charge in [-0.2, -0.15) is 4.39 Å². The van der Waals surface area contributed by atoms with Crippen molar-refractivity contribution in [3.8, 4) is 0 Å². The fourth-order valence-electron chi connectivity index (χ4n) is 1.27. The van der Waals surface area contributed by atoms with Crippen molar-refractivity contribution in [1.29, 1.82) is 0 Å². The van der Waals surface area contributed by atoms with Gasteiger partial charge in [-0.25, -0.2) is 4.39 Å². The summed E-state index contributed by atoms with van der Waals surface area (Å²) in [5.41, 5.74) is 0.277. The number of nitrogens with one attached hydrogen (secondary N) is 1. The van der Waals surface area contributed by atoms with Crippen molar-refractivity contribution in [2.75, 3.05) is 0 Å². The lowest BCUT2D eigenvalue weighted by Crippen LogP contribution is -2.36. The molecule has 2 rings (SSSR count). The zero-order valence-corrected chi connectivity index (χ0v) is 7.24. The van der Waals surface area contributed by atoms with Crippen LogP contribution in [0.25, 0.3) is 0 Å². The lowest BCUT2D eigenvalue weighted by atomic mass is 10.0. The van der Waals surface area contributed by atoms with E-state index >= 15 is 0 Å². The number of rotatable bonds is 1. The van der Waals surface area contributed by atoms with Crippen LogP contribution < -0.4 is 5.32 Å². The predicted molar refractivity (Wildman–Crippen MR) is 48.5 cm³/mol. The number of nitrogens with zero attached hydrogens (tertiary/aromatic N) is 1. The van der Waals surface area contributed by atoms with E-state index in [0.29, 0.717) is 0 Å². The van der Waals surface area contributed by atoms with E-state index in [-0.39, 0.29) is 5.56 Å². The topological polar surface area (TPSA) is 24.9 Å². The lowest BCUT2D eigenvalue weighted by molar-refractivity contribution is 0.176. The van der Waals surface area contributed by atoms with Gasteiger partial charge < -0.3 is 5.32 Å². The van der Waals surface area contributed by atoms with E-state index in [1.807, 2.05) is 0 Å². The number of pyridine rings is 1. The van der Waals surface area contributed by atoms with Gasteiger partial charge in [0, 0.05) is 18.0 Å². The molecule has 0 amide bonds. The van der Waals surface area contributed by atoms with Gasteiger partial charge in [-0.15, -0.1) is 0 Å². The minimum absolute atomic E-state index is 0.277. The second-order valence-electron chi connectivity index (χ2n) is 2.95. The summed E-state index contributed by atoms with van der Waals surface area (Å²) in [6.45, 7) is 0. The smallest absolute Gasteiger partial charge is 0.228 e. The molecule has 1 aliphatic rings. The molecule has 0 aliphatic carbocycles. The molecule has 0 fully saturated rings. The Morgan fingerprint density at radius 2 is 2.29 bits per heavy atom. The quantitative estimate of drug-likeness (QED) is 0.693. The fraction of sp³-hybridized carbons (Fsp3) is 0.100. The van der Waals surface area contributed by atoms with Crippen molar-refractivity contribution in [2.24, 2.45) is 0 Å². The molecule has 0 spiro atoms. The molecule has 0 aromatic carbocycles. The fourth-order valence-corrected chi connectivity index (χ4v) is 1.27. The summed E-state index contributed by atoms with van der Waals surface area (Å²) in [5, 5.41) is 2.11. The molecule has 2 nitrogen and oxygen atoms in total. The van der Waals surface area contributed by atoms with Crippen molar-refractivity contribution < 1.29 is 8.78 Å². The average Bonchev–Trinajstić information content (AvgIpc) is 2.19. The number of allylic oxidation sites excluding steroid dienone is 2. The molecule has 1 aliphatic heterocycles. The second kappa shape index (κ2) is 3.21. The molecular formula is C10H8F2N2. The molecule has 1 unspecified atom stereocenters. The highest BCUT2D eigenvalue weighted by molar-refractivity contribution is 5.29. The molecule has 1 aromatic rings. The number of aromatic nitrogens is 1. The highest BCUT2D eigenvalue weighted by Gasteiger charge is 2.31. The zero-order valence-electron chi connectivity index (χ0n) is 7.24. The Morgan fingerprint density at radius 1 is 1.43 bits per heavy atom. The molecular weight excluding hydrogens is 186 g/mol. The van der Waals surface area contributed by atoms with Crippen LogP contribution in [0, 0.1) is 0 Å². The number of hydrogen-bond donors (Lipinski definition) is 1. The SMILES string of the molecule is FC1=CC=CC(F)(c2cccnc2)N1. The van der Waals surface area contributed by atoms with E-state index < -0.39 is 11.7 Å². The molecule has 72 valence electrons. The number of halogens is 2. The maximum atomic E-state index is 14.0. The van der Waals surface area contributed by atoms with Crippen LogP contribution in [-0.4, -0.2) is 4.98 Å². The summed E-state index contributed by atoms with van der Waals surface area (Å²) in [6, 6.07) is 3.14. The second-order valence-corrected chi connectivity index (χ2v) is 2.95. The van der Waals surface area contributed by atoms with E-state index in [9.17, 15) is 8.78 Å². The molecule has 1 aromatic heterocycles. The van der Waals surface area contributed by atoms with Crippen molar-refractivity contribution in [3.05, 3.63) is 54.3 Å². The average molecular weight is 194 g/mol. The van der Waals surface area contributed by atoms with Gasteiger partial charge in [0.15, 0.2) is 5.95 Å². The summed E-state index contributed by atoms with van der Waals surface area (Å²) in [5.74, 6) is -2.69.